The molecule has 0 unspecified atom stereocenters. The molecule has 1 amide bonds. The summed E-state index contributed by atoms with van der Waals surface area (Å²) < 4.78 is 0.919. The number of carbonyl (C=O) groups is 1. The van der Waals surface area contributed by atoms with Gasteiger partial charge in [0.1, 0.15) is 5.82 Å². The highest BCUT2D eigenvalue weighted by Gasteiger charge is 2.13. The maximum atomic E-state index is 11.7. The summed E-state index contributed by atoms with van der Waals surface area (Å²) in [6, 6.07) is 3.12. The molecule has 1 atom stereocenters. The number of thioether (sulfide) groups is 1. The summed E-state index contributed by atoms with van der Waals surface area (Å²) in [5.74, 6) is 1.23. The minimum absolute atomic E-state index is 0.187. The van der Waals surface area contributed by atoms with Gasteiger partial charge in [-0.2, -0.15) is 11.8 Å². The third kappa shape index (κ3) is 4.65. The second-order valence-electron chi connectivity index (χ2n) is 3.64. The maximum absolute atomic E-state index is 11.7. The molecule has 3 N–H and O–H groups in total. The van der Waals surface area contributed by atoms with Crippen molar-refractivity contribution in [1.29, 1.82) is 0 Å². The Morgan fingerprint density at radius 3 is 2.94 bits per heavy atom. The van der Waals surface area contributed by atoms with E-state index in [1.807, 2.05) is 19.2 Å². The molecular weight excluding hydrogens is 302 g/mol. The fraction of sp³-hybridized carbons (Fsp3) is 0.455. The average Bonchev–Trinajstić information content (AvgIpc) is 2.30. The molecule has 94 valence electrons. The van der Waals surface area contributed by atoms with Crippen molar-refractivity contribution in [3.63, 3.8) is 0 Å². The second kappa shape index (κ2) is 6.98. The summed E-state index contributed by atoms with van der Waals surface area (Å²) >= 11 is 5.03. The highest BCUT2D eigenvalue weighted by molar-refractivity contribution is 9.10. The fourth-order valence-electron chi connectivity index (χ4n) is 1.21. The number of pyridine rings is 1. The molecule has 1 rings (SSSR count). The Hall–Kier alpha value is -0.590. The summed E-state index contributed by atoms with van der Waals surface area (Å²) in [5, 5.41) is 2.71. The Labute approximate surface area is 114 Å². The Bertz CT molecular complexity index is 400. The van der Waals surface area contributed by atoms with Gasteiger partial charge >= 0.3 is 0 Å². The number of hydrogen-bond acceptors (Lipinski definition) is 4. The van der Waals surface area contributed by atoms with Crippen molar-refractivity contribution in [2.75, 3.05) is 17.3 Å². The van der Waals surface area contributed by atoms with Crippen molar-refractivity contribution < 1.29 is 4.79 Å². The van der Waals surface area contributed by atoms with Crippen molar-refractivity contribution in [3.8, 4) is 0 Å². The van der Waals surface area contributed by atoms with Gasteiger partial charge in [0.05, 0.1) is 11.7 Å². The average molecular weight is 318 g/mol. The van der Waals surface area contributed by atoms with Crippen molar-refractivity contribution in [1.82, 2.24) is 4.98 Å². The molecule has 0 aromatic carbocycles. The molecule has 0 saturated heterocycles. The summed E-state index contributed by atoms with van der Waals surface area (Å²) in [4.78, 5) is 16.0. The van der Waals surface area contributed by atoms with Crippen molar-refractivity contribution in [2.45, 2.75) is 19.4 Å². The van der Waals surface area contributed by atoms with E-state index in [9.17, 15) is 4.79 Å². The number of aryl methyl sites for hydroxylation is 1. The van der Waals surface area contributed by atoms with Crippen LogP contribution in [0.3, 0.4) is 0 Å². The Morgan fingerprint density at radius 1 is 1.65 bits per heavy atom. The van der Waals surface area contributed by atoms with E-state index in [0.29, 0.717) is 12.2 Å². The molecule has 0 aliphatic carbocycles. The maximum Gasteiger partial charge on any atom is 0.242 e. The van der Waals surface area contributed by atoms with Gasteiger partial charge in [0, 0.05) is 4.47 Å². The molecule has 0 saturated carbocycles. The zero-order valence-corrected chi connectivity index (χ0v) is 12.3. The molecule has 17 heavy (non-hydrogen) atoms. The largest absolute Gasteiger partial charge is 0.320 e. The first kappa shape index (κ1) is 14.5. The van der Waals surface area contributed by atoms with E-state index in [1.165, 1.54) is 0 Å². The quantitative estimate of drug-likeness (QED) is 0.873. The lowest BCUT2D eigenvalue weighted by molar-refractivity contribution is -0.117. The normalized spacial score (nSPS) is 12.2. The predicted octanol–water partition coefficient (Wildman–Crippen LogP) is 2.17. The molecule has 1 aromatic rings. The standard InChI is InChI=1S/C11H16BrN3OS/c1-7-8(12)3-4-10(14-7)15-11(16)9(13)5-6-17-2/h3-4,9H,5-6,13H2,1-2H3,(H,14,15,16)/t9-/m1/s1. The first-order valence-electron chi connectivity index (χ1n) is 5.23. The molecule has 0 fully saturated rings. The van der Waals surface area contributed by atoms with Crippen LogP contribution >= 0.6 is 27.7 Å². The molecule has 1 aromatic heterocycles. The van der Waals surface area contributed by atoms with E-state index in [0.717, 1.165) is 15.9 Å². The van der Waals surface area contributed by atoms with E-state index in [4.69, 9.17) is 5.73 Å². The van der Waals surface area contributed by atoms with Crippen LogP contribution in [0.2, 0.25) is 0 Å². The van der Waals surface area contributed by atoms with Crippen LogP contribution in [-0.2, 0) is 4.79 Å². The predicted molar refractivity (Wildman–Crippen MR) is 76.3 cm³/mol. The van der Waals surface area contributed by atoms with Gasteiger partial charge in [0.25, 0.3) is 0 Å². The zero-order valence-electron chi connectivity index (χ0n) is 9.87. The summed E-state index contributed by atoms with van der Waals surface area (Å²) in [6.45, 7) is 1.87. The van der Waals surface area contributed by atoms with E-state index in [2.05, 4.69) is 26.2 Å². The fourth-order valence-corrected chi connectivity index (χ4v) is 1.92. The minimum Gasteiger partial charge on any atom is -0.320 e. The van der Waals surface area contributed by atoms with E-state index in [-0.39, 0.29) is 5.91 Å². The SMILES string of the molecule is CSCC[C@@H](N)C(=O)Nc1ccc(Br)c(C)n1. The molecule has 0 radical (unpaired) electrons. The Morgan fingerprint density at radius 2 is 2.35 bits per heavy atom. The number of anilines is 1. The zero-order chi connectivity index (χ0) is 12.8. The van der Waals surface area contributed by atoms with Gasteiger partial charge in [-0.1, -0.05) is 0 Å². The van der Waals surface area contributed by atoms with Gasteiger partial charge in [0.2, 0.25) is 5.91 Å². The number of nitrogens with one attached hydrogen (secondary N) is 1. The van der Waals surface area contributed by atoms with Gasteiger partial charge in [-0.25, -0.2) is 4.98 Å². The van der Waals surface area contributed by atoms with Crippen LogP contribution in [0, 0.1) is 6.92 Å². The molecule has 0 bridgehead atoms. The summed E-state index contributed by atoms with van der Waals surface area (Å²) in [7, 11) is 0. The first-order chi connectivity index (χ1) is 8.04. The van der Waals surface area contributed by atoms with Crippen LogP contribution in [-0.4, -0.2) is 28.9 Å². The Balaban J connectivity index is 2.58. The molecule has 4 nitrogen and oxygen atoms in total. The highest BCUT2D eigenvalue weighted by Crippen LogP contribution is 2.16. The van der Waals surface area contributed by atoms with Crippen LogP contribution in [0.25, 0.3) is 0 Å². The lowest BCUT2D eigenvalue weighted by Gasteiger charge is -2.11. The monoisotopic (exact) mass is 317 g/mol. The van der Waals surface area contributed by atoms with Gasteiger partial charge in [-0.15, -0.1) is 0 Å². The first-order valence-corrected chi connectivity index (χ1v) is 7.42. The van der Waals surface area contributed by atoms with Gasteiger partial charge in [0.15, 0.2) is 0 Å². The van der Waals surface area contributed by atoms with Crippen molar-refractivity contribution in [3.05, 3.63) is 22.3 Å². The van der Waals surface area contributed by atoms with Gasteiger partial charge in [-0.05, 0) is 53.4 Å². The number of halogens is 1. The number of amides is 1. The van der Waals surface area contributed by atoms with Gasteiger partial charge in [-0.3, -0.25) is 4.79 Å². The number of aromatic nitrogens is 1. The lowest BCUT2D eigenvalue weighted by atomic mass is 10.2. The Kier molecular flexibility index (Phi) is 5.94. The van der Waals surface area contributed by atoms with E-state index in [1.54, 1.807) is 17.8 Å². The molecule has 1 heterocycles. The molecule has 0 spiro atoms. The number of rotatable bonds is 5. The summed E-state index contributed by atoms with van der Waals surface area (Å²) in [5.41, 5.74) is 6.59. The number of nitrogens with two attached hydrogens (primary N) is 1. The van der Waals surface area contributed by atoms with Crippen LogP contribution in [0.1, 0.15) is 12.1 Å². The third-order valence-corrected chi connectivity index (χ3v) is 3.72. The smallest absolute Gasteiger partial charge is 0.242 e. The van der Waals surface area contributed by atoms with Crippen molar-refractivity contribution >= 4 is 39.4 Å². The molecule has 0 aliphatic rings. The number of carbonyl (C=O) groups excluding carboxylic acids is 1. The van der Waals surface area contributed by atoms with E-state index >= 15 is 0 Å². The minimum atomic E-state index is -0.479. The topological polar surface area (TPSA) is 68.0 Å². The van der Waals surface area contributed by atoms with Crippen LogP contribution in [0.5, 0.6) is 0 Å². The van der Waals surface area contributed by atoms with Crippen molar-refractivity contribution in [2.24, 2.45) is 5.73 Å². The molecular formula is C11H16BrN3OS. The summed E-state index contributed by atoms with van der Waals surface area (Å²) in [6.07, 6.45) is 2.66. The van der Waals surface area contributed by atoms with Crippen LogP contribution in [0.15, 0.2) is 16.6 Å². The van der Waals surface area contributed by atoms with Gasteiger partial charge < -0.3 is 11.1 Å². The van der Waals surface area contributed by atoms with Crippen LogP contribution in [0.4, 0.5) is 5.82 Å². The molecule has 6 heteroatoms. The second-order valence-corrected chi connectivity index (χ2v) is 5.48. The lowest BCUT2D eigenvalue weighted by Crippen LogP contribution is -2.36. The van der Waals surface area contributed by atoms with E-state index < -0.39 is 6.04 Å². The number of hydrogen-bond donors (Lipinski definition) is 2. The molecule has 0 aliphatic heterocycles. The third-order valence-electron chi connectivity index (χ3n) is 2.24. The van der Waals surface area contributed by atoms with Crippen LogP contribution < -0.4 is 11.1 Å². The highest BCUT2D eigenvalue weighted by atomic mass is 79.9. The number of nitrogens with zero attached hydrogens (tertiary/aromatic N) is 1.